The lowest BCUT2D eigenvalue weighted by Crippen LogP contribution is -2.10. The quantitative estimate of drug-likeness (QED) is 0.446. The Balaban J connectivity index is 2.03. The molecule has 0 spiro atoms. The molecular formula is C13H22N4O2. The van der Waals surface area contributed by atoms with Gasteiger partial charge in [-0.05, 0) is 32.1 Å². The van der Waals surface area contributed by atoms with E-state index in [9.17, 15) is 10.1 Å². The van der Waals surface area contributed by atoms with Crippen LogP contribution in [0.25, 0.3) is 0 Å². The minimum atomic E-state index is -0.336. The molecular weight excluding hydrogens is 244 g/mol. The third kappa shape index (κ3) is 3.45. The summed E-state index contributed by atoms with van der Waals surface area (Å²) in [5.74, 6) is 1.47. The number of nitrogens with zero attached hydrogens (tertiary/aromatic N) is 3. The lowest BCUT2D eigenvalue weighted by Gasteiger charge is -2.08. The molecule has 0 bridgehead atoms. The topological polar surface area (TPSA) is 73.0 Å². The maximum Gasteiger partial charge on any atom is 0.333 e. The second-order valence-electron chi connectivity index (χ2n) is 5.28. The van der Waals surface area contributed by atoms with Crippen LogP contribution in [0.15, 0.2) is 0 Å². The third-order valence-electron chi connectivity index (χ3n) is 3.49. The maximum atomic E-state index is 11.1. The summed E-state index contributed by atoms with van der Waals surface area (Å²) in [4.78, 5) is 10.8. The Hall–Kier alpha value is -1.59. The fourth-order valence-corrected chi connectivity index (χ4v) is 2.34. The second kappa shape index (κ2) is 6.04. The van der Waals surface area contributed by atoms with Gasteiger partial charge in [-0.25, -0.2) is 4.68 Å². The van der Waals surface area contributed by atoms with Gasteiger partial charge in [0.05, 0.1) is 4.92 Å². The van der Waals surface area contributed by atoms with Crippen molar-refractivity contribution in [2.45, 2.75) is 52.5 Å². The van der Waals surface area contributed by atoms with Crippen molar-refractivity contribution in [2.75, 3.05) is 11.9 Å². The minimum absolute atomic E-state index is 0.125. The fraction of sp³-hybridized carbons (Fsp3) is 0.769. The van der Waals surface area contributed by atoms with Gasteiger partial charge in [0.1, 0.15) is 5.69 Å². The fourth-order valence-electron chi connectivity index (χ4n) is 2.34. The van der Waals surface area contributed by atoms with Crippen molar-refractivity contribution in [3.63, 3.8) is 0 Å². The molecule has 1 fully saturated rings. The molecule has 1 N–H and O–H groups in total. The molecule has 106 valence electrons. The van der Waals surface area contributed by atoms with Crippen molar-refractivity contribution in [3.05, 3.63) is 15.8 Å². The van der Waals surface area contributed by atoms with Crippen LogP contribution in [0.2, 0.25) is 0 Å². The number of anilines is 1. The van der Waals surface area contributed by atoms with Crippen molar-refractivity contribution in [1.29, 1.82) is 0 Å². The van der Waals surface area contributed by atoms with Crippen LogP contribution < -0.4 is 5.32 Å². The van der Waals surface area contributed by atoms with Gasteiger partial charge in [0, 0.05) is 13.1 Å². The standard InChI is InChI=1S/C13H22N4O2/c1-3-9-16-13(12(17(18)19)10(2)15-16)14-8-4-5-11-6-7-11/h11,14H,3-9H2,1-2H3. The van der Waals surface area contributed by atoms with Crippen LogP contribution >= 0.6 is 0 Å². The highest BCUT2D eigenvalue weighted by atomic mass is 16.6. The van der Waals surface area contributed by atoms with Crippen LogP contribution in [-0.2, 0) is 6.54 Å². The molecule has 1 saturated carbocycles. The monoisotopic (exact) mass is 266 g/mol. The van der Waals surface area contributed by atoms with Crippen LogP contribution in [0.3, 0.4) is 0 Å². The van der Waals surface area contributed by atoms with Gasteiger partial charge in [-0.15, -0.1) is 0 Å². The molecule has 0 amide bonds. The van der Waals surface area contributed by atoms with Gasteiger partial charge in [0.25, 0.3) is 0 Å². The molecule has 1 aromatic heterocycles. The van der Waals surface area contributed by atoms with Gasteiger partial charge in [-0.2, -0.15) is 5.10 Å². The normalized spacial score (nSPS) is 14.6. The zero-order valence-corrected chi connectivity index (χ0v) is 11.7. The molecule has 1 aromatic rings. The lowest BCUT2D eigenvalue weighted by molar-refractivity contribution is -0.384. The number of nitrogens with one attached hydrogen (secondary N) is 1. The number of aryl methyl sites for hydroxylation is 2. The first-order chi connectivity index (χ1) is 9.13. The highest BCUT2D eigenvalue weighted by molar-refractivity contribution is 5.59. The highest BCUT2D eigenvalue weighted by Crippen LogP contribution is 2.33. The summed E-state index contributed by atoms with van der Waals surface area (Å²) >= 11 is 0. The van der Waals surface area contributed by atoms with Gasteiger partial charge < -0.3 is 5.32 Å². The van der Waals surface area contributed by atoms with Crippen LogP contribution in [0, 0.1) is 23.0 Å². The first kappa shape index (κ1) is 13.8. The van der Waals surface area contributed by atoms with E-state index in [0.717, 1.165) is 25.3 Å². The number of rotatable bonds is 8. The number of hydrogen-bond donors (Lipinski definition) is 1. The molecule has 1 aliphatic carbocycles. The van der Waals surface area contributed by atoms with E-state index in [1.807, 2.05) is 6.92 Å². The van der Waals surface area contributed by atoms with Crippen molar-refractivity contribution in [1.82, 2.24) is 9.78 Å². The number of nitro groups is 1. The van der Waals surface area contributed by atoms with Crippen molar-refractivity contribution < 1.29 is 4.92 Å². The smallest absolute Gasteiger partial charge is 0.333 e. The SMILES string of the molecule is CCCn1nc(C)c([N+](=O)[O-])c1NCCCC1CC1. The average molecular weight is 266 g/mol. The maximum absolute atomic E-state index is 11.1. The number of hydrogen-bond acceptors (Lipinski definition) is 4. The molecule has 0 aromatic carbocycles. The molecule has 0 aliphatic heterocycles. The van der Waals surface area contributed by atoms with Gasteiger partial charge >= 0.3 is 5.69 Å². The minimum Gasteiger partial charge on any atom is -0.365 e. The summed E-state index contributed by atoms with van der Waals surface area (Å²) in [5, 5.41) is 18.6. The summed E-state index contributed by atoms with van der Waals surface area (Å²) in [6.07, 6.45) is 5.91. The van der Waals surface area contributed by atoms with E-state index in [0.29, 0.717) is 18.1 Å². The van der Waals surface area contributed by atoms with E-state index in [1.165, 1.54) is 19.3 Å². The highest BCUT2D eigenvalue weighted by Gasteiger charge is 2.25. The van der Waals surface area contributed by atoms with Gasteiger partial charge in [-0.1, -0.05) is 19.8 Å². The summed E-state index contributed by atoms with van der Waals surface area (Å²) in [5.41, 5.74) is 0.614. The first-order valence-electron chi connectivity index (χ1n) is 7.09. The second-order valence-corrected chi connectivity index (χ2v) is 5.28. The Morgan fingerprint density at radius 1 is 1.53 bits per heavy atom. The summed E-state index contributed by atoms with van der Waals surface area (Å²) in [6.45, 7) is 5.23. The Labute approximate surface area is 113 Å². The molecule has 2 rings (SSSR count). The molecule has 1 heterocycles. The molecule has 0 unspecified atom stereocenters. The Morgan fingerprint density at radius 2 is 2.26 bits per heavy atom. The molecule has 0 atom stereocenters. The van der Waals surface area contributed by atoms with Crippen LogP contribution in [0.1, 0.15) is 44.7 Å². The summed E-state index contributed by atoms with van der Waals surface area (Å²) in [7, 11) is 0. The van der Waals surface area contributed by atoms with E-state index >= 15 is 0 Å². The molecule has 19 heavy (non-hydrogen) atoms. The van der Waals surface area contributed by atoms with E-state index in [1.54, 1.807) is 11.6 Å². The lowest BCUT2D eigenvalue weighted by atomic mass is 10.2. The van der Waals surface area contributed by atoms with Gasteiger partial charge in [0.2, 0.25) is 5.82 Å². The van der Waals surface area contributed by atoms with Crippen molar-refractivity contribution in [3.8, 4) is 0 Å². The average Bonchev–Trinajstić information content (AvgIpc) is 3.10. The summed E-state index contributed by atoms with van der Waals surface area (Å²) in [6, 6.07) is 0. The zero-order chi connectivity index (χ0) is 13.8. The summed E-state index contributed by atoms with van der Waals surface area (Å²) < 4.78 is 1.73. The Bertz CT molecular complexity index is 452. The molecule has 1 aliphatic rings. The number of aromatic nitrogens is 2. The Kier molecular flexibility index (Phi) is 4.39. The first-order valence-corrected chi connectivity index (χ1v) is 7.09. The molecule has 6 heteroatoms. The van der Waals surface area contributed by atoms with E-state index in [4.69, 9.17) is 0 Å². The molecule has 0 radical (unpaired) electrons. The van der Waals surface area contributed by atoms with E-state index < -0.39 is 0 Å². The third-order valence-corrected chi connectivity index (χ3v) is 3.49. The van der Waals surface area contributed by atoms with Crippen LogP contribution in [-0.4, -0.2) is 21.2 Å². The van der Waals surface area contributed by atoms with E-state index in [2.05, 4.69) is 10.4 Å². The van der Waals surface area contributed by atoms with Gasteiger partial charge in [0.15, 0.2) is 0 Å². The van der Waals surface area contributed by atoms with Crippen molar-refractivity contribution >= 4 is 11.5 Å². The molecule has 6 nitrogen and oxygen atoms in total. The van der Waals surface area contributed by atoms with Crippen LogP contribution in [0.5, 0.6) is 0 Å². The van der Waals surface area contributed by atoms with Crippen LogP contribution in [0.4, 0.5) is 11.5 Å². The van der Waals surface area contributed by atoms with Crippen molar-refractivity contribution in [2.24, 2.45) is 5.92 Å². The molecule has 0 saturated heterocycles. The Morgan fingerprint density at radius 3 is 2.84 bits per heavy atom. The largest absolute Gasteiger partial charge is 0.365 e. The van der Waals surface area contributed by atoms with E-state index in [-0.39, 0.29) is 10.6 Å². The zero-order valence-electron chi connectivity index (χ0n) is 11.7. The predicted octanol–water partition coefficient (Wildman–Crippen LogP) is 3.11. The predicted molar refractivity (Wildman–Crippen MR) is 74.4 cm³/mol. The van der Waals surface area contributed by atoms with Gasteiger partial charge in [-0.3, -0.25) is 10.1 Å².